The summed E-state index contributed by atoms with van der Waals surface area (Å²) < 4.78 is 11.9. The van der Waals surface area contributed by atoms with Crippen LogP contribution in [-0.4, -0.2) is 34.9 Å². The van der Waals surface area contributed by atoms with E-state index in [1.54, 1.807) is 60.7 Å². The number of benzene rings is 3. The van der Waals surface area contributed by atoms with Crippen molar-refractivity contribution in [3.8, 4) is 11.4 Å². The van der Waals surface area contributed by atoms with E-state index in [2.05, 4.69) is 10.4 Å². The van der Waals surface area contributed by atoms with E-state index < -0.39 is 18.0 Å². The minimum Gasteiger partial charge on any atom is -0.495 e. The molecule has 1 heterocycles. The summed E-state index contributed by atoms with van der Waals surface area (Å²) in [6.07, 6.45) is -1.13. The number of esters is 1. The average molecular weight is 457 g/mol. The maximum atomic E-state index is 13.1. The molecule has 0 aliphatic carbocycles. The van der Waals surface area contributed by atoms with E-state index in [0.717, 1.165) is 10.2 Å². The maximum absolute atomic E-state index is 13.1. The second-order valence-corrected chi connectivity index (χ2v) is 7.69. The van der Waals surface area contributed by atoms with Crippen LogP contribution in [0.2, 0.25) is 0 Å². The number of hydrogen-bond acceptors (Lipinski definition) is 6. The monoisotopic (exact) mass is 457 g/mol. The first-order valence-electron chi connectivity index (χ1n) is 10.6. The fraction of sp³-hybridized carbons (Fsp3) is 0.154. The summed E-state index contributed by atoms with van der Waals surface area (Å²) in [5.74, 6) is -0.863. The number of fused-ring (bicyclic) bond motifs is 1. The molecule has 4 aromatic rings. The van der Waals surface area contributed by atoms with Crippen LogP contribution in [0.3, 0.4) is 0 Å². The molecule has 0 aliphatic rings. The molecule has 0 saturated carbocycles. The number of rotatable bonds is 6. The summed E-state index contributed by atoms with van der Waals surface area (Å²) in [4.78, 5) is 38.8. The number of nitrogens with one attached hydrogen (secondary N) is 1. The number of hydrogen-bond donors (Lipinski definition) is 1. The molecule has 8 nitrogen and oxygen atoms in total. The van der Waals surface area contributed by atoms with Crippen LogP contribution in [0.1, 0.15) is 23.0 Å². The Labute approximate surface area is 195 Å². The van der Waals surface area contributed by atoms with Crippen LogP contribution < -0.4 is 15.6 Å². The smallest absolute Gasteiger partial charge is 0.360 e. The summed E-state index contributed by atoms with van der Waals surface area (Å²) in [6, 6.07) is 20.8. The number of nitrogens with zero attached hydrogens (tertiary/aromatic N) is 2. The van der Waals surface area contributed by atoms with Gasteiger partial charge >= 0.3 is 5.97 Å². The molecule has 1 unspecified atom stereocenters. The minimum atomic E-state index is -1.13. The second-order valence-electron chi connectivity index (χ2n) is 7.69. The quantitative estimate of drug-likeness (QED) is 0.441. The number of methoxy groups -OCH3 is 1. The first-order chi connectivity index (χ1) is 16.4. The van der Waals surface area contributed by atoms with E-state index >= 15 is 0 Å². The lowest BCUT2D eigenvalue weighted by Gasteiger charge is -2.16. The van der Waals surface area contributed by atoms with Gasteiger partial charge in [0.1, 0.15) is 5.75 Å². The molecule has 0 saturated heterocycles. The van der Waals surface area contributed by atoms with Crippen LogP contribution in [0.15, 0.2) is 77.6 Å². The number of amides is 1. The molecule has 8 heteroatoms. The maximum Gasteiger partial charge on any atom is 0.360 e. The summed E-state index contributed by atoms with van der Waals surface area (Å²) in [5.41, 5.74) is 1.48. The van der Waals surface area contributed by atoms with Gasteiger partial charge in [-0.1, -0.05) is 42.5 Å². The molecule has 3 aromatic carbocycles. The molecular weight excluding hydrogens is 434 g/mol. The van der Waals surface area contributed by atoms with Crippen LogP contribution in [-0.2, 0) is 9.53 Å². The van der Waals surface area contributed by atoms with Crippen molar-refractivity contribution in [3.05, 3.63) is 94.4 Å². The summed E-state index contributed by atoms with van der Waals surface area (Å²) >= 11 is 0. The Balaban J connectivity index is 1.64. The van der Waals surface area contributed by atoms with Gasteiger partial charge in [0.2, 0.25) is 0 Å². The molecule has 4 rings (SSSR count). The summed E-state index contributed by atoms with van der Waals surface area (Å²) in [5, 5.41) is 7.67. The third-order valence-electron chi connectivity index (χ3n) is 5.26. The van der Waals surface area contributed by atoms with Crippen LogP contribution in [0.25, 0.3) is 16.5 Å². The van der Waals surface area contributed by atoms with E-state index in [1.807, 2.05) is 19.1 Å². The van der Waals surface area contributed by atoms with Gasteiger partial charge < -0.3 is 14.8 Å². The van der Waals surface area contributed by atoms with E-state index in [9.17, 15) is 14.4 Å². The number of carbonyl (C=O) groups excluding carboxylic acids is 2. The second kappa shape index (κ2) is 9.58. The molecule has 1 aromatic heterocycles. The zero-order valence-corrected chi connectivity index (χ0v) is 18.9. The molecular formula is C26H23N3O5. The normalized spacial score (nSPS) is 11.6. The fourth-order valence-electron chi connectivity index (χ4n) is 3.51. The molecule has 0 aliphatic heterocycles. The van der Waals surface area contributed by atoms with Gasteiger partial charge in [-0.3, -0.25) is 9.59 Å². The summed E-state index contributed by atoms with van der Waals surface area (Å²) in [7, 11) is 1.50. The van der Waals surface area contributed by atoms with Gasteiger partial charge in [-0.05, 0) is 49.7 Å². The Morgan fingerprint density at radius 2 is 1.65 bits per heavy atom. The number of aromatic nitrogens is 2. The van der Waals surface area contributed by atoms with Crippen molar-refractivity contribution in [3.63, 3.8) is 0 Å². The Hall–Kier alpha value is -4.46. The lowest BCUT2D eigenvalue weighted by molar-refractivity contribution is -0.123. The average Bonchev–Trinajstić information content (AvgIpc) is 2.85. The van der Waals surface area contributed by atoms with Crippen LogP contribution in [0.4, 0.5) is 5.69 Å². The standard InChI is InChI=1S/C26H23N3O5/c1-16-13-14-22(33-3)21(15-16)27-24(30)17(2)34-26(32)23-19-11-7-8-12-20(19)25(31)29(28-23)18-9-5-4-6-10-18/h4-15,17H,1-3H3,(H,27,30). The number of carbonyl (C=O) groups is 2. The number of ether oxygens (including phenoxy) is 2. The Morgan fingerprint density at radius 3 is 2.35 bits per heavy atom. The zero-order chi connectivity index (χ0) is 24.2. The fourth-order valence-corrected chi connectivity index (χ4v) is 3.51. The molecule has 1 N–H and O–H groups in total. The lowest BCUT2D eigenvalue weighted by atomic mass is 10.1. The van der Waals surface area contributed by atoms with Gasteiger partial charge in [0.05, 0.1) is 23.9 Å². The highest BCUT2D eigenvalue weighted by molar-refractivity contribution is 6.04. The Kier molecular flexibility index (Phi) is 6.40. The van der Waals surface area contributed by atoms with E-state index in [4.69, 9.17) is 9.47 Å². The van der Waals surface area contributed by atoms with Gasteiger partial charge in [0.15, 0.2) is 11.8 Å². The third-order valence-corrected chi connectivity index (χ3v) is 5.26. The van der Waals surface area contributed by atoms with Crippen molar-refractivity contribution in [1.82, 2.24) is 9.78 Å². The number of aryl methyl sites for hydroxylation is 1. The highest BCUT2D eigenvalue weighted by atomic mass is 16.5. The topological polar surface area (TPSA) is 99.5 Å². The largest absolute Gasteiger partial charge is 0.495 e. The van der Waals surface area contributed by atoms with Crippen molar-refractivity contribution in [2.75, 3.05) is 12.4 Å². The van der Waals surface area contributed by atoms with Crippen molar-refractivity contribution in [2.24, 2.45) is 0 Å². The molecule has 34 heavy (non-hydrogen) atoms. The van der Waals surface area contributed by atoms with Crippen LogP contribution in [0.5, 0.6) is 5.75 Å². The van der Waals surface area contributed by atoms with Gasteiger partial charge in [0, 0.05) is 5.39 Å². The molecule has 1 amide bonds. The number of para-hydroxylation sites is 1. The highest BCUT2D eigenvalue weighted by Gasteiger charge is 2.24. The predicted octanol–water partition coefficient (Wildman–Crippen LogP) is 3.89. The van der Waals surface area contributed by atoms with E-state index in [1.165, 1.54) is 14.0 Å². The Morgan fingerprint density at radius 1 is 0.971 bits per heavy atom. The van der Waals surface area contributed by atoms with Gasteiger partial charge in [0.25, 0.3) is 11.5 Å². The number of anilines is 1. The van der Waals surface area contributed by atoms with Gasteiger partial charge in [-0.15, -0.1) is 0 Å². The summed E-state index contributed by atoms with van der Waals surface area (Å²) in [6.45, 7) is 3.35. The zero-order valence-electron chi connectivity index (χ0n) is 18.9. The Bertz CT molecular complexity index is 1430. The van der Waals surface area contributed by atoms with Gasteiger partial charge in [-0.25, -0.2) is 4.79 Å². The van der Waals surface area contributed by atoms with Crippen LogP contribution >= 0.6 is 0 Å². The minimum absolute atomic E-state index is 0.0631. The first kappa shape index (κ1) is 22.7. The molecule has 0 bridgehead atoms. The molecule has 172 valence electrons. The molecule has 0 radical (unpaired) electrons. The molecule has 0 fully saturated rings. The van der Waals surface area contributed by atoms with Gasteiger partial charge in [-0.2, -0.15) is 9.78 Å². The van der Waals surface area contributed by atoms with Crippen molar-refractivity contribution in [2.45, 2.75) is 20.0 Å². The lowest BCUT2D eigenvalue weighted by Crippen LogP contribution is -2.31. The molecule has 0 spiro atoms. The van der Waals surface area contributed by atoms with E-state index in [-0.39, 0.29) is 11.3 Å². The van der Waals surface area contributed by atoms with Crippen molar-refractivity contribution >= 4 is 28.3 Å². The SMILES string of the molecule is COc1ccc(C)cc1NC(=O)C(C)OC(=O)c1nn(-c2ccccc2)c(=O)c2ccccc12. The van der Waals surface area contributed by atoms with Crippen LogP contribution in [0, 0.1) is 6.92 Å². The predicted molar refractivity (Wildman–Crippen MR) is 129 cm³/mol. The van der Waals surface area contributed by atoms with Crippen molar-refractivity contribution in [1.29, 1.82) is 0 Å². The van der Waals surface area contributed by atoms with Crippen molar-refractivity contribution < 1.29 is 19.1 Å². The van der Waals surface area contributed by atoms with E-state index in [0.29, 0.717) is 27.9 Å². The first-order valence-corrected chi connectivity index (χ1v) is 10.6. The molecule has 1 atom stereocenters. The third kappa shape index (κ3) is 4.52. The highest BCUT2D eigenvalue weighted by Crippen LogP contribution is 2.25.